The molecule has 1 aliphatic rings. The summed E-state index contributed by atoms with van der Waals surface area (Å²) in [5.74, 6) is 0.0143. The number of thiazole rings is 1. The molecule has 6 heteroatoms. The highest BCUT2D eigenvalue weighted by atomic mass is 32.1. The number of amides is 1. The van der Waals surface area contributed by atoms with Gasteiger partial charge in [0.05, 0.1) is 15.9 Å². The molecule has 1 saturated heterocycles. The molecule has 2 aromatic heterocycles. The average Bonchev–Trinajstić information content (AvgIpc) is 3.43. The third-order valence-electron chi connectivity index (χ3n) is 7.19. The van der Waals surface area contributed by atoms with Gasteiger partial charge >= 0.3 is 0 Å². The summed E-state index contributed by atoms with van der Waals surface area (Å²) >= 11 is 1.63. The average molecular weight is 495 g/mol. The van der Waals surface area contributed by atoms with E-state index in [1.807, 2.05) is 18.2 Å². The van der Waals surface area contributed by atoms with E-state index in [0.717, 1.165) is 58.9 Å². The topological polar surface area (TPSA) is 49.6 Å². The summed E-state index contributed by atoms with van der Waals surface area (Å²) in [7, 11) is 0. The van der Waals surface area contributed by atoms with Gasteiger partial charge in [-0.15, -0.1) is 0 Å². The monoisotopic (exact) mass is 494 g/mol. The molecule has 0 bridgehead atoms. The molecule has 0 atom stereocenters. The molecule has 1 N–H and O–H groups in total. The van der Waals surface area contributed by atoms with Crippen LogP contribution in [-0.2, 0) is 6.54 Å². The van der Waals surface area contributed by atoms with Crippen molar-refractivity contribution in [1.29, 1.82) is 0 Å². The third-order valence-corrected chi connectivity index (χ3v) is 8.20. The van der Waals surface area contributed by atoms with Crippen LogP contribution < -0.4 is 5.32 Å². The number of nitrogens with zero attached hydrogens (tertiary/aromatic N) is 3. The second-order valence-electron chi connectivity index (χ2n) is 9.89. The Labute approximate surface area is 215 Å². The van der Waals surface area contributed by atoms with E-state index in [2.05, 4.69) is 83.2 Å². The van der Waals surface area contributed by atoms with Crippen molar-refractivity contribution in [3.8, 4) is 11.3 Å². The number of imidazole rings is 1. The van der Waals surface area contributed by atoms with Crippen molar-refractivity contribution >= 4 is 32.4 Å². The fourth-order valence-corrected chi connectivity index (χ4v) is 6.27. The predicted molar refractivity (Wildman–Crippen MR) is 148 cm³/mol. The normalized spacial score (nSPS) is 15.1. The lowest BCUT2D eigenvalue weighted by Crippen LogP contribution is -2.44. The molecular formula is C30H30N4OS. The van der Waals surface area contributed by atoms with Gasteiger partial charge in [0.25, 0.3) is 5.91 Å². The van der Waals surface area contributed by atoms with E-state index in [-0.39, 0.29) is 11.9 Å². The van der Waals surface area contributed by atoms with Crippen LogP contribution in [0.3, 0.4) is 0 Å². The molecule has 1 fully saturated rings. The second-order valence-corrected chi connectivity index (χ2v) is 10.9. The number of nitrogens with one attached hydrogen (secondary N) is 1. The zero-order chi connectivity index (χ0) is 24.6. The number of fused-ring (bicyclic) bond motifs is 3. The van der Waals surface area contributed by atoms with Gasteiger partial charge in [-0.2, -0.15) is 0 Å². The van der Waals surface area contributed by atoms with E-state index >= 15 is 0 Å². The smallest absolute Gasteiger partial charge is 0.251 e. The summed E-state index contributed by atoms with van der Waals surface area (Å²) in [6.45, 7) is 7.22. The van der Waals surface area contributed by atoms with Crippen molar-refractivity contribution in [3.05, 3.63) is 95.2 Å². The molecule has 5 nitrogen and oxygen atoms in total. The highest BCUT2D eigenvalue weighted by molar-refractivity contribution is 7.23. The minimum absolute atomic E-state index is 0.0143. The SMILES string of the molecule is Cc1ccc(-c2cn3c(n2)sc2cc(C(=O)NC4CCN(Cc5ccccc5)CC4)ccc23)c(C)c1. The van der Waals surface area contributed by atoms with Gasteiger partial charge in [-0.05, 0) is 56.0 Å². The first-order chi connectivity index (χ1) is 17.5. The zero-order valence-corrected chi connectivity index (χ0v) is 21.5. The van der Waals surface area contributed by atoms with Crippen LogP contribution in [0.4, 0.5) is 0 Å². The predicted octanol–water partition coefficient (Wildman–Crippen LogP) is 6.23. The Balaban J connectivity index is 1.13. The fourth-order valence-electron chi connectivity index (χ4n) is 5.22. The van der Waals surface area contributed by atoms with Crippen molar-refractivity contribution in [3.63, 3.8) is 0 Å². The van der Waals surface area contributed by atoms with Crippen molar-refractivity contribution in [2.75, 3.05) is 13.1 Å². The number of aryl methyl sites for hydroxylation is 2. The Morgan fingerprint density at radius 2 is 1.83 bits per heavy atom. The van der Waals surface area contributed by atoms with E-state index in [4.69, 9.17) is 4.98 Å². The number of aromatic nitrogens is 2. The van der Waals surface area contributed by atoms with Crippen molar-refractivity contribution in [1.82, 2.24) is 19.6 Å². The molecule has 3 aromatic carbocycles. The Morgan fingerprint density at radius 3 is 2.61 bits per heavy atom. The summed E-state index contributed by atoms with van der Waals surface area (Å²) in [5, 5.41) is 3.27. The molecule has 6 rings (SSSR count). The lowest BCUT2D eigenvalue weighted by Gasteiger charge is -2.32. The van der Waals surface area contributed by atoms with Crippen LogP contribution >= 0.6 is 11.3 Å². The van der Waals surface area contributed by atoms with E-state index in [1.54, 1.807) is 11.3 Å². The number of rotatable bonds is 5. The fraction of sp³-hybridized carbons (Fsp3) is 0.267. The van der Waals surface area contributed by atoms with E-state index in [0.29, 0.717) is 5.56 Å². The molecule has 0 spiro atoms. The van der Waals surface area contributed by atoms with Gasteiger partial charge in [-0.25, -0.2) is 4.98 Å². The zero-order valence-electron chi connectivity index (χ0n) is 20.7. The standard InChI is InChI=1S/C30H30N4OS/c1-20-8-10-25(21(2)16-20)26-19-34-27-11-9-23(17-28(27)36-30(34)32-26)29(35)31-24-12-14-33(15-13-24)18-22-6-4-3-5-7-22/h3-11,16-17,19,24H,12-15,18H2,1-2H3,(H,31,35). The third kappa shape index (κ3) is 4.54. The minimum atomic E-state index is 0.0143. The molecule has 182 valence electrons. The highest BCUT2D eigenvalue weighted by Crippen LogP contribution is 2.31. The van der Waals surface area contributed by atoms with Crippen molar-refractivity contribution < 1.29 is 4.79 Å². The second kappa shape index (κ2) is 9.52. The maximum Gasteiger partial charge on any atom is 0.251 e. The van der Waals surface area contributed by atoms with Gasteiger partial charge in [0.2, 0.25) is 0 Å². The first-order valence-electron chi connectivity index (χ1n) is 12.6. The van der Waals surface area contributed by atoms with Gasteiger partial charge in [0, 0.05) is 43.0 Å². The van der Waals surface area contributed by atoms with Crippen LogP contribution in [0.2, 0.25) is 0 Å². The van der Waals surface area contributed by atoms with Crippen LogP contribution in [0, 0.1) is 13.8 Å². The lowest BCUT2D eigenvalue weighted by molar-refractivity contribution is 0.0909. The maximum atomic E-state index is 13.0. The van der Waals surface area contributed by atoms with Crippen LogP contribution in [0.25, 0.3) is 26.4 Å². The molecule has 5 aromatic rings. The first kappa shape index (κ1) is 23.0. The Morgan fingerprint density at radius 1 is 1.03 bits per heavy atom. The minimum Gasteiger partial charge on any atom is -0.349 e. The molecule has 1 aliphatic heterocycles. The van der Waals surface area contributed by atoms with Gasteiger partial charge in [-0.1, -0.05) is 65.4 Å². The number of carbonyl (C=O) groups is 1. The summed E-state index contributed by atoms with van der Waals surface area (Å²) in [4.78, 5) is 21.4. The Bertz CT molecular complexity index is 1540. The number of hydrogen-bond donors (Lipinski definition) is 1. The van der Waals surface area contributed by atoms with Crippen molar-refractivity contribution in [2.45, 2.75) is 39.3 Å². The number of likely N-dealkylation sites (tertiary alicyclic amines) is 1. The molecule has 0 aliphatic carbocycles. The molecule has 36 heavy (non-hydrogen) atoms. The van der Waals surface area contributed by atoms with Crippen LogP contribution in [0.5, 0.6) is 0 Å². The number of carbonyl (C=O) groups excluding carboxylic acids is 1. The Kier molecular flexibility index (Phi) is 6.07. The number of hydrogen-bond acceptors (Lipinski definition) is 4. The van der Waals surface area contributed by atoms with E-state index in [9.17, 15) is 4.79 Å². The van der Waals surface area contributed by atoms with Gasteiger partial charge in [0.15, 0.2) is 4.96 Å². The highest BCUT2D eigenvalue weighted by Gasteiger charge is 2.22. The molecule has 0 radical (unpaired) electrons. The van der Waals surface area contributed by atoms with Crippen LogP contribution in [0.1, 0.15) is 39.9 Å². The molecule has 0 saturated carbocycles. The first-order valence-corrected chi connectivity index (χ1v) is 13.4. The van der Waals surface area contributed by atoms with Gasteiger partial charge in [0.1, 0.15) is 0 Å². The maximum absolute atomic E-state index is 13.0. The lowest BCUT2D eigenvalue weighted by atomic mass is 10.0. The van der Waals surface area contributed by atoms with Gasteiger partial charge < -0.3 is 5.32 Å². The number of piperidine rings is 1. The molecule has 0 unspecified atom stereocenters. The number of benzene rings is 3. The summed E-state index contributed by atoms with van der Waals surface area (Å²) < 4.78 is 3.22. The molecule has 3 heterocycles. The largest absolute Gasteiger partial charge is 0.349 e. The quantitative estimate of drug-likeness (QED) is 0.315. The molecule has 1 amide bonds. The summed E-state index contributed by atoms with van der Waals surface area (Å²) in [6.07, 6.45) is 4.07. The summed E-state index contributed by atoms with van der Waals surface area (Å²) in [6, 6.07) is 23.3. The van der Waals surface area contributed by atoms with Crippen LogP contribution in [-0.4, -0.2) is 39.3 Å². The molecular weight excluding hydrogens is 464 g/mol. The van der Waals surface area contributed by atoms with Crippen LogP contribution in [0.15, 0.2) is 72.9 Å². The van der Waals surface area contributed by atoms with Crippen molar-refractivity contribution in [2.24, 2.45) is 0 Å². The van der Waals surface area contributed by atoms with Gasteiger partial charge in [-0.3, -0.25) is 14.1 Å². The summed E-state index contributed by atoms with van der Waals surface area (Å²) in [5.41, 5.74) is 7.78. The van der Waals surface area contributed by atoms with E-state index in [1.165, 1.54) is 16.7 Å². The Hall–Kier alpha value is -3.48. The van der Waals surface area contributed by atoms with E-state index < -0.39 is 0 Å².